The number of ether oxygens (including phenoxy) is 2. The van der Waals surface area contributed by atoms with Crippen LogP contribution in [0.25, 0.3) is 5.69 Å². The van der Waals surface area contributed by atoms with Gasteiger partial charge in [-0.3, -0.25) is 0 Å². The highest BCUT2D eigenvalue weighted by molar-refractivity contribution is 6.30. The predicted molar refractivity (Wildman–Crippen MR) is 75.7 cm³/mol. The quantitative estimate of drug-likeness (QED) is 0.810. The highest BCUT2D eigenvalue weighted by Gasteiger charge is 2.25. The summed E-state index contributed by atoms with van der Waals surface area (Å²) >= 11 is 5.72. The van der Waals surface area contributed by atoms with Crippen LogP contribution in [0, 0.1) is 12.7 Å². The van der Waals surface area contributed by atoms with E-state index in [1.807, 2.05) is 0 Å². The Kier molecular flexibility index (Phi) is 4.08. The number of hydrogen-bond donors (Lipinski definition) is 0. The molecule has 116 valence electrons. The van der Waals surface area contributed by atoms with E-state index in [4.69, 9.17) is 21.1 Å². The minimum absolute atomic E-state index is 0.0567. The summed E-state index contributed by atoms with van der Waals surface area (Å²) in [5.74, 6) is -1.14. The average molecular weight is 326 g/mol. The molecule has 6 nitrogen and oxygen atoms in total. The van der Waals surface area contributed by atoms with Gasteiger partial charge in [0.05, 0.1) is 18.9 Å². The molecule has 0 amide bonds. The molecule has 1 fully saturated rings. The molecule has 1 saturated heterocycles. The molecule has 0 unspecified atom stereocenters. The maximum atomic E-state index is 13.9. The molecule has 2 aromatic rings. The number of carbonyl (C=O) groups is 1. The molecule has 22 heavy (non-hydrogen) atoms. The Balaban J connectivity index is 1.86. The number of nitrogens with zero attached hydrogens (tertiary/aromatic N) is 3. The van der Waals surface area contributed by atoms with Crippen molar-refractivity contribution < 1.29 is 18.7 Å². The van der Waals surface area contributed by atoms with E-state index in [9.17, 15) is 9.18 Å². The molecule has 0 radical (unpaired) electrons. The normalized spacial score (nSPS) is 17.7. The van der Waals surface area contributed by atoms with Crippen molar-refractivity contribution in [3.05, 3.63) is 40.4 Å². The first-order valence-corrected chi connectivity index (χ1v) is 7.10. The first-order chi connectivity index (χ1) is 10.6. The molecule has 1 aliphatic heterocycles. The topological polar surface area (TPSA) is 66.2 Å². The minimum atomic E-state index is -0.589. The van der Waals surface area contributed by atoms with Crippen LogP contribution in [-0.4, -0.2) is 40.3 Å². The second-order valence-electron chi connectivity index (χ2n) is 4.92. The zero-order valence-corrected chi connectivity index (χ0v) is 12.5. The van der Waals surface area contributed by atoms with E-state index in [2.05, 4.69) is 10.3 Å². The largest absolute Gasteiger partial charge is 0.455 e. The van der Waals surface area contributed by atoms with Gasteiger partial charge in [0.2, 0.25) is 0 Å². The van der Waals surface area contributed by atoms with Crippen molar-refractivity contribution in [2.75, 3.05) is 13.2 Å². The predicted octanol–water partition coefficient (Wildman–Crippen LogP) is 2.31. The van der Waals surface area contributed by atoms with Crippen LogP contribution >= 0.6 is 11.6 Å². The van der Waals surface area contributed by atoms with Gasteiger partial charge in [-0.15, -0.1) is 5.10 Å². The van der Waals surface area contributed by atoms with Gasteiger partial charge in [-0.1, -0.05) is 16.8 Å². The van der Waals surface area contributed by atoms with E-state index >= 15 is 0 Å². The molecule has 3 rings (SSSR count). The second kappa shape index (κ2) is 6.02. The van der Waals surface area contributed by atoms with Crippen LogP contribution in [0.4, 0.5) is 4.39 Å². The smallest absolute Gasteiger partial charge is 0.361 e. The van der Waals surface area contributed by atoms with Crippen LogP contribution in [0.5, 0.6) is 0 Å². The zero-order chi connectivity index (χ0) is 15.7. The summed E-state index contributed by atoms with van der Waals surface area (Å²) in [5, 5.41) is 7.90. The van der Waals surface area contributed by atoms with Gasteiger partial charge in [-0.05, 0) is 25.1 Å². The second-order valence-corrected chi connectivity index (χ2v) is 5.36. The lowest BCUT2D eigenvalue weighted by Gasteiger charge is -2.09. The SMILES string of the molecule is Cc1c(C(=O)O[C@@H]2CCOC2)nnn1-c1ccc(Cl)cc1F. The van der Waals surface area contributed by atoms with Crippen LogP contribution in [0.3, 0.4) is 0 Å². The van der Waals surface area contributed by atoms with Crippen molar-refractivity contribution in [3.63, 3.8) is 0 Å². The molecular weight excluding hydrogens is 313 g/mol. The highest BCUT2D eigenvalue weighted by atomic mass is 35.5. The van der Waals surface area contributed by atoms with E-state index in [0.717, 1.165) is 0 Å². The van der Waals surface area contributed by atoms with E-state index in [1.165, 1.54) is 22.9 Å². The number of aromatic nitrogens is 3. The summed E-state index contributed by atoms with van der Waals surface area (Å²) in [7, 11) is 0. The molecule has 0 N–H and O–H groups in total. The Bertz CT molecular complexity index is 713. The first kappa shape index (κ1) is 14.9. The van der Waals surface area contributed by atoms with Gasteiger partial charge in [0.1, 0.15) is 17.6 Å². The molecule has 0 bridgehead atoms. The zero-order valence-electron chi connectivity index (χ0n) is 11.8. The molecule has 2 heterocycles. The van der Waals surface area contributed by atoms with Crippen molar-refractivity contribution in [1.82, 2.24) is 15.0 Å². The van der Waals surface area contributed by atoms with Gasteiger partial charge in [0.25, 0.3) is 0 Å². The highest BCUT2D eigenvalue weighted by Crippen LogP contribution is 2.20. The number of benzene rings is 1. The molecule has 1 aromatic carbocycles. The lowest BCUT2D eigenvalue weighted by Crippen LogP contribution is -2.19. The molecule has 1 atom stereocenters. The average Bonchev–Trinajstić information content (AvgIpc) is 3.09. The lowest BCUT2D eigenvalue weighted by molar-refractivity contribution is 0.0263. The summed E-state index contributed by atoms with van der Waals surface area (Å²) in [6.07, 6.45) is 0.384. The van der Waals surface area contributed by atoms with E-state index in [0.29, 0.717) is 25.3 Å². The van der Waals surface area contributed by atoms with Crippen molar-refractivity contribution in [2.45, 2.75) is 19.4 Å². The molecule has 0 aliphatic carbocycles. The third kappa shape index (κ3) is 2.82. The number of halogens is 2. The summed E-state index contributed by atoms with van der Waals surface area (Å²) in [4.78, 5) is 12.1. The molecular formula is C14H13ClFN3O3. The molecule has 1 aromatic heterocycles. The van der Waals surface area contributed by atoms with Crippen LogP contribution < -0.4 is 0 Å². The summed E-state index contributed by atoms with van der Waals surface area (Å²) in [6.45, 7) is 2.57. The monoisotopic (exact) mass is 325 g/mol. The standard InChI is InChI=1S/C14H13ClFN3O3/c1-8-13(14(20)22-10-4-5-21-7-10)17-18-19(8)12-3-2-9(15)6-11(12)16/h2-3,6,10H,4-5,7H2,1H3/t10-/m1/s1. The summed E-state index contributed by atoms with van der Waals surface area (Å²) in [6, 6.07) is 4.18. The Morgan fingerprint density at radius 1 is 1.55 bits per heavy atom. The maximum absolute atomic E-state index is 13.9. The fourth-order valence-electron chi connectivity index (χ4n) is 2.21. The summed E-state index contributed by atoms with van der Waals surface area (Å²) < 4.78 is 25.6. The van der Waals surface area contributed by atoms with Gasteiger partial charge in [-0.2, -0.15) is 0 Å². The fraction of sp³-hybridized carbons (Fsp3) is 0.357. The lowest BCUT2D eigenvalue weighted by atomic mass is 10.2. The van der Waals surface area contributed by atoms with Gasteiger partial charge in [-0.25, -0.2) is 13.9 Å². The van der Waals surface area contributed by atoms with Crippen LogP contribution in [0.1, 0.15) is 22.6 Å². The van der Waals surface area contributed by atoms with E-state index in [1.54, 1.807) is 6.92 Å². The fourth-order valence-corrected chi connectivity index (χ4v) is 2.37. The summed E-state index contributed by atoms with van der Waals surface area (Å²) in [5.41, 5.74) is 0.615. The van der Waals surface area contributed by atoms with Crippen molar-refractivity contribution in [3.8, 4) is 5.69 Å². The molecule has 0 saturated carbocycles. The van der Waals surface area contributed by atoms with Gasteiger partial charge < -0.3 is 9.47 Å². The Morgan fingerprint density at radius 3 is 3.05 bits per heavy atom. The number of rotatable bonds is 3. The first-order valence-electron chi connectivity index (χ1n) is 6.72. The van der Waals surface area contributed by atoms with Crippen LogP contribution in [-0.2, 0) is 9.47 Å². The van der Waals surface area contributed by atoms with Gasteiger partial charge >= 0.3 is 5.97 Å². The Labute approximate surface area is 130 Å². The van der Waals surface area contributed by atoms with Crippen LogP contribution in [0.15, 0.2) is 18.2 Å². The van der Waals surface area contributed by atoms with E-state index < -0.39 is 11.8 Å². The van der Waals surface area contributed by atoms with Gasteiger partial charge in [0, 0.05) is 11.4 Å². The maximum Gasteiger partial charge on any atom is 0.361 e. The van der Waals surface area contributed by atoms with Crippen LogP contribution in [0.2, 0.25) is 5.02 Å². The Morgan fingerprint density at radius 2 is 2.36 bits per heavy atom. The third-order valence-electron chi connectivity index (χ3n) is 3.39. The van der Waals surface area contributed by atoms with Crippen molar-refractivity contribution in [2.24, 2.45) is 0 Å². The number of esters is 1. The number of hydrogen-bond acceptors (Lipinski definition) is 5. The minimum Gasteiger partial charge on any atom is -0.455 e. The molecule has 1 aliphatic rings. The number of carbonyl (C=O) groups excluding carboxylic acids is 1. The van der Waals surface area contributed by atoms with Gasteiger partial charge in [0.15, 0.2) is 5.69 Å². The van der Waals surface area contributed by atoms with Crippen molar-refractivity contribution >= 4 is 17.6 Å². The molecule has 0 spiro atoms. The Hall–Kier alpha value is -1.99. The molecule has 8 heteroatoms. The van der Waals surface area contributed by atoms with Crippen molar-refractivity contribution in [1.29, 1.82) is 0 Å². The third-order valence-corrected chi connectivity index (χ3v) is 3.62. The van der Waals surface area contributed by atoms with E-state index in [-0.39, 0.29) is 22.5 Å².